The maximum absolute atomic E-state index is 12.3. The molecule has 0 saturated heterocycles. The molecular formula is C17H19NO3. The second-order valence-corrected chi connectivity index (χ2v) is 6.10. The zero-order valence-electron chi connectivity index (χ0n) is 12.3. The van der Waals surface area contributed by atoms with Gasteiger partial charge in [0.15, 0.2) is 5.78 Å². The monoisotopic (exact) mass is 285 g/mol. The summed E-state index contributed by atoms with van der Waals surface area (Å²) in [5, 5.41) is 0. The number of hydrogen-bond donors (Lipinski definition) is 1. The minimum absolute atomic E-state index is 0.115. The number of benzene rings is 1. The van der Waals surface area contributed by atoms with E-state index in [-0.39, 0.29) is 11.9 Å². The SMILES string of the molecule is CC(C)C1CC2=C(CO1)c1cc(C(N)=O)ccc1C(=O)C2. The molecule has 0 spiro atoms. The fraction of sp³-hybridized carbons (Fsp3) is 0.412. The normalized spacial score (nSPS) is 21.3. The van der Waals surface area contributed by atoms with Crippen LogP contribution < -0.4 is 5.73 Å². The van der Waals surface area contributed by atoms with E-state index in [4.69, 9.17) is 10.5 Å². The van der Waals surface area contributed by atoms with E-state index in [0.29, 0.717) is 30.1 Å². The van der Waals surface area contributed by atoms with Crippen molar-refractivity contribution in [1.29, 1.82) is 0 Å². The number of rotatable bonds is 2. The van der Waals surface area contributed by atoms with Gasteiger partial charge >= 0.3 is 0 Å². The van der Waals surface area contributed by atoms with E-state index in [1.807, 2.05) is 0 Å². The number of primary amides is 1. The topological polar surface area (TPSA) is 69.4 Å². The molecule has 4 nitrogen and oxygen atoms in total. The first-order valence-corrected chi connectivity index (χ1v) is 7.27. The van der Waals surface area contributed by atoms with Gasteiger partial charge in [-0.3, -0.25) is 9.59 Å². The van der Waals surface area contributed by atoms with Gasteiger partial charge in [0, 0.05) is 17.5 Å². The average molecular weight is 285 g/mol. The summed E-state index contributed by atoms with van der Waals surface area (Å²) in [6.45, 7) is 4.75. The van der Waals surface area contributed by atoms with Crippen LogP contribution in [0.1, 0.15) is 53.0 Å². The Labute approximate surface area is 124 Å². The van der Waals surface area contributed by atoms with Gasteiger partial charge in [-0.15, -0.1) is 0 Å². The molecule has 21 heavy (non-hydrogen) atoms. The summed E-state index contributed by atoms with van der Waals surface area (Å²) < 4.78 is 5.92. The van der Waals surface area contributed by atoms with Crippen molar-refractivity contribution < 1.29 is 14.3 Å². The summed E-state index contributed by atoms with van der Waals surface area (Å²) in [4.78, 5) is 23.7. The van der Waals surface area contributed by atoms with Crippen LogP contribution in [0.5, 0.6) is 0 Å². The maximum atomic E-state index is 12.3. The van der Waals surface area contributed by atoms with Gasteiger partial charge in [-0.25, -0.2) is 0 Å². The zero-order chi connectivity index (χ0) is 15.1. The molecule has 1 atom stereocenters. The fourth-order valence-electron chi connectivity index (χ4n) is 3.07. The van der Waals surface area contributed by atoms with Crippen molar-refractivity contribution in [3.05, 3.63) is 40.5 Å². The molecule has 1 aromatic rings. The van der Waals surface area contributed by atoms with Crippen molar-refractivity contribution in [3.63, 3.8) is 0 Å². The average Bonchev–Trinajstić information content (AvgIpc) is 2.46. The van der Waals surface area contributed by atoms with Gasteiger partial charge < -0.3 is 10.5 Å². The van der Waals surface area contributed by atoms with Gasteiger partial charge in [0.05, 0.1) is 12.7 Å². The molecule has 110 valence electrons. The Morgan fingerprint density at radius 1 is 1.33 bits per heavy atom. The molecule has 0 saturated carbocycles. The van der Waals surface area contributed by atoms with Crippen molar-refractivity contribution in [3.8, 4) is 0 Å². The molecule has 1 aliphatic carbocycles. The molecule has 2 aliphatic rings. The molecule has 1 aromatic carbocycles. The number of Topliss-reactive ketones (excluding diaryl/α,β-unsaturated/α-hetero) is 1. The Kier molecular flexibility index (Phi) is 3.41. The van der Waals surface area contributed by atoms with E-state index >= 15 is 0 Å². The number of amides is 1. The number of fused-ring (bicyclic) bond motifs is 2. The highest BCUT2D eigenvalue weighted by molar-refractivity contribution is 6.07. The highest BCUT2D eigenvalue weighted by Crippen LogP contribution is 2.38. The second kappa shape index (κ2) is 5.11. The van der Waals surface area contributed by atoms with Gasteiger partial charge in [-0.05, 0) is 41.7 Å². The Hall–Kier alpha value is -1.94. The number of carbonyl (C=O) groups excluding carboxylic acids is 2. The zero-order valence-corrected chi connectivity index (χ0v) is 12.3. The second-order valence-electron chi connectivity index (χ2n) is 6.10. The minimum atomic E-state index is -0.477. The van der Waals surface area contributed by atoms with Crippen molar-refractivity contribution in [2.24, 2.45) is 11.7 Å². The third-order valence-corrected chi connectivity index (χ3v) is 4.36. The molecular weight excluding hydrogens is 266 g/mol. The maximum Gasteiger partial charge on any atom is 0.248 e. The lowest BCUT2D eigenvalue weighted by Gasteiger charge is -2.33. The van der Waals surface area contributed by atoms with Crippen LogP contribution in [-0.2, 0) is 4.74 Å². The lowest BCUT2D eigenvalue weighted by atomic mass is 9.80. The van der Waals surface area contributed by atoms with Gasteiger partial charge in [0.25, 0.3) is 0 Å². The van der Waals surface area contributed by atoms with E-state index in [1.54, 1.807) is 18.2 Å². The first-order chi connectivity index (χ1) is 9.97. The lowest BCUT2D eigenvalue weighted by molar-refractivity contribution is 0.0350. The summed E-state index contributed by atoms with van der Waals surface area (Å²) >= 11 is 0. The Bertz CT molecular complexity index is 658. The molecule has 2 N–H and O–H groups in total. The standard InChI is InChI=1S/C17H19NO3/c1-9(2)16-7-11-6-15(19)12-4-3-10(17(18)20)5-13(12)14(11)8-21-16/h3-5,9,16H,6-8H2,1-2H3,(H2,18,20). The molecule has 3 rings (SSSR count). The summed E-state index contributed by atoms with van der Waals surface area (Å²) in [6, 6.07) is 5.05. The quantitative estimate of drug-likeness (QED) is 0.908. The van der Waals surface area contributed by atoms with E-state index in [1.165, 1.54) is 0 Å². The third-order valence-electron chi connectivity index (χ3n) is 4.36. The number of hydrogen-bond acceptors (Lipinski definition) is 3. The molecule has 1 heterocycles. The van der Waals surface area contributed by atoms with E-state index in [9.17, 15) is 9.59 Å². The van der Waals surface area contributed by atoms with E-state index in [0.717, 1.165) is 23.1 Å². The van der Waals surface area contributed by atoms with Crippen LogP contribution in [0.15, 0.2) is 23.8 Å². The highest BCUT2D eigenvalue weighted by atomic mass is 16.5. The van der Waals surface area contributed by atoms with Crippen molar-refractivity contribution in [1.82, 2.24) is 0 Å². The van der Waals surface area contributed by atoms with Crippen LogP contribution >= 0.6 is 0 Å². The predicted octanol–water partition coefficient (Wildman–Crippen LogP) is 2.57. The minimum Gasteiger partial charge on any atom is -0.373 e. The van der Waals surface area contributed by atoms with Crippen LogP contribution in [-0.4, -0.2) is 24.4 Å². The first kappa shape index (κ1) is 14.0. The van der Waals surface area contributed by atoms with Crippen LogP contribution in [0.3, 0.4) is 0 Å². The molecule has 1 unspecified atom stereocenters. The summed E-state index contributed by atoms with van der Waals surface area (Å²) in [5.74, 6) is 0.0615. The molecule has 1 amide bonds. The van der Waals surface area contributed by atoms with Gasteiger partial charge in [-0.1, -0.05) is 19.4 Å². The molecule has 0 fully saturated rings. The third kappa shape index (κ3) is 2.40. The lowest BCUT2D eigenvalue weighted by Crippen LogP contribution is -2.29. The van der Waals surface area contributed by atoms with Gasteiger partial charge in [0.1, 0.15) is 0 Å². The van der Waals surface area contributed by atoms with Crippen LogP contribution in [0, 0.1) is 5.92 Å². The van der Waals surface area contributed by atoms with E-state index < -0.39 is 5.91 Å². The van der Waals surface area contributed by atoms with Gasteiger partial charge in [-0.2, -0.15) is 0 Å². The molecule has 0 radical (unpaired) electrons. The Balaban J connectivity index is 2.06. The number of nitrogens with two attached hydrogens (primary N) is 1. The largest absolute Gasteiger partial charge is 0.373 e. The van der Waals surface area contributed by atoms with Crippen LogP contribution in [0.2, 0.25) is 0 Å². The van der Waals surface area contributed by atoms with Crippen molar-refractivity contribution in [2.45, 2.75) is 32.8 Å². The molecule has 0 aromatic heterocycles. The van der Waals surface area contributed by atoms with Crippen molar-refractivity contribution >= 4 is 17.3 Å². The number of ketones is 1. The summed E-state index contributed by atoms with van der Waals surface area (Å²) in [7, 11) is 0. The summed E-state index contributed by atoms with van der Waals surface area (Å²) in [6.07, 6.45) is 1.42. The highest BCUT2D eigenvalue weighted by Gasteiger charge is 2.31. The predicted molar refractivity (Wildman–Crippen MR) is 80.0 cm³/mol. The Morgan fingerprint density at radius 2 is 2.10 bits per heavy atom. The molecule has 4 heteroatoms. The Morgan fingerprint density at radius 3 is 2.76 bits per heavy atom. The smallest absolute Gasteiger partial charge is 0.248 e. The van der Waals surface area contributed by atoms with Crippen LogP contribution in [0.25, 0.3) is 5.57 Å². The molecule has 0 bridgehead atoms. The van der Waals surface area contributed by atoms with Crippen molar-refractivity contribution in [2.75, 3.05) is 6.61 Å². The first-order valence-electron chi connectivity index (χ1n) is 7.27. The fourth-order valence-corrected chi connectivity index (χ4v) is 3.07. The number of carbonyl (C=O) groups is 2. The van der Waals surface area contributed by atoms with Gasteiger partial charge in [0.2, 0.25) is 5.91 Å². The summed E-state index contributed by atoms with van der Waals surface area (Å²) in [5.41, 5.74) is 9.47. The van der Waals surface area contributed by atoms with E-state index in [2.05, 4.69) is 13.8 Å². The molecule has 1 aliphatic heterocycles. The van der Waals surface area contributed by atoms with Crippen LogP contribution in [0.4, 0.5) is 0 Å². The number of ether oxygens (including phenoxy) is 1.